The number of hydrogen-bond donors (Lipinski definition) is 9. The summed E-state index contributed by atoms with van der Waals surface area (Å²) in [6, 6.07) is -3.46. The third kappa shape index (κ3) is 51.2. The predicted octanol–water partition coefficient (Wildman–Crippen LogP) is 16.6. The summed E-state index contributed by atoms with van der Waals surface area (Å²) in [6.07, 6.45) is 25.4. The molecule has 0 aromatic rings. The average molecular weight is 1580 g/mol. The van der Waals surface area contributed by atoms with Crippen molar-refractivity contribution in [3.8, 4) is 0 Å². The number of esters is 4. The van der Waals surface area contributed by atoms with Crippen LogP contribution in [0.5, 0.6) is 0 Å². The van der Waals surface area contributed by atoms with Gasteiger partial charge in [-0.05, 0) is 51.4 Å². The number of rotatable bonds is 72. The monoisotopic (exact) mass is 1580 g/mol. The maximum Gasteiger partial charge on any atom is 0.470 e. The molecule has 24 nitrogen and oxygen atoms in total. The Kier molecular flexibility index (Phi) is 61.4. The van der Waals surface area contributed by atoms with E-state index in [1.807, 2.05) is 0 Å². The minimum absolute atomic E-state index is 0.108. The van der Waals surface area contributed by atoms with E-state index in [1.165, 1.54) is 38.5 Å². The first-order valence-corrected chi connectivity index (χ1v) is 45.5. The van der Waals surface area contributed by atoms with E-state index in [0.717, 1.165) is 218 Å². The van der Waals surface area contributed by atoms with Crippen LogP contribution in [0.15, 0.2) is 0 Å². The summed E-state index contributed by atoms with van der Waals surface area (Å²) in [5, 5.41) is 62.6. The number of nitrogens with one attached hydrogen (secondary N) is 2. The fourth-order valence-electron chi connectivity index (χ4n) is 14.6. The highest BCUT2D eigenvalue weighted by molar-refractivity contribution is 7.46. The maximum atomic E-state index is 15.0. The molecular formula is C84H157N2O22P. The van der Waals surface area contributed by atoms with E-state index in [9.17, 15) is 68.7 Å². The van der Waals surface area contributed by atoms with Crippen LogP contribution in [-0.2, 0) is 71.0 Å². The number of unbranched alkanes of at least 4 members (excludes halogenated alkanes) is 40. The number of hydrogen-bond acceptors (Lipinski definition) is 20. The summed E-state index contributed by atoms with van der Waals surface area (Å²) in [4.78, 5) is 106. The lowest BCUT2D eigenvalue weighted by Crippen LogP contribution is -2.68. The van der Waals surface area contributed by atoms with Gasteiger partial charge < -0.3 is 79.1 Å². The number of carbonyl (C=O) groups excluding carboxylic acids is 6. The largest absolute Gasteiger partial charge is 0.470 e. The van der Waals surface area contributed by atoms with Crippen molar-refractivity contribution in [3.63, 3.8) is 0 Å². The van der Waals surface area contributed by atoms with Crippen LogP contribution in [0.25, 0.3) is 0 Å². The van der Waals surface area contributed by atoms with Crippen molar-refractivity contribution in [1.82, 2.24) is 10.6 Å². The molecule has 0 aromatic carbocycles. The van der Waals surface area contributed by atoms with Gasteiger partial charge in [0.25, 0.3) is 0 Å². The van der Waals surface area contributed by atoms with Gasteiger partial charge in [0.2, 0.25) is 11.8 Å². The Morgan fingerprint density at radius 2 is 0.725 bits per heavy atom. The van der Waals surface area contributed by atoms with Gasteiger partial charge in [0.1, 0.15) is 48.7 Å². The van der Waals surface area contributed by atoms with Crippen molar-refractivity contribution in [2.45, 2.75) is 487 Å². The van der Waals surface area contributed by atoms with Gasteiger partial charge in [-0.25, -0.2) is 4.57 Å². The van der Waals surface area contributed by atoms with E-state index >= 15 is 0 Å². The highest BCUT2D eigenvalue weighted by atomic mass is 31.2. The number of carbonyl (C=O) groups is 6. The van der Waals surface area contributed by atoms with Gasteiger partial charge in [0.05, 0.1) is 51.1 Å². The topological polar surface area (TPSA) is 359 Å². The van der Waals surface area contributed by atoms with E-state index in [-0.39, 0.29) is 25.7 Å². The number of aliphatic hydroxyl groups is 5. The molecule has 2 aliphatic rings. The zero-order chi connectivity index (χ0) is 80.1. The average Bonchev–Trinajstić information content (AvgIpc) is 0.657. The molecule has 0 radical (unpaired) electrons. The molecule has 0 aliphatic carbocycles. The molecule has 14 atom stereocenters. The Balaban J connectivity index is 2.73. The van der Waals surface area contributed by atoms with E-state index in [2.05, 4.69) is 52.2 Å². The molecule has 2 saturated heterocycles. The second-order valence-corrected chi connectivity index (χ2v) is 32.6. The highest BCUT2D eigenvalue weighted by Gasteiger charge is 2.54. The molecule has 25 heteroatoms. The van der Waals surface area contributed by atoms with Gasteiger partial charge >= 0.3 is 31.7 Å². The summed E-state index contributed by atoms with van der Waals surface area (Å²) in [7, 11) is -5.61. The molecule has 0 saturated carbocycles. The lowest BCUT2D eigenvalue weighted by atomic mass is 9.95. The van der Waals surface area contributed by atoms with Crippen LogP contribution in [0.2, 0.25) is 0 Å². The molecule has 0 aromatic heterocycles. The predicted molar refractivity (Wildman–Crippen MR) is 423 cm³/mol. The zero-order valence-electron chi connectivity index (χ0n) is 68.8. The van der Waals surface area contributed by atoms with Gasteiger partial charge in [0.15, 0.2) is 24.8 Å². The van der Waals surface area contributed by atoms with Crippen molar-refractivity contribution in [3.05, 3.63) is 0 Å². The third-order valence-corrected chi connectivity index (χ3v) is 21.6. The minimum atomic E-state index is -5.61. The minimum Gasteiger partial charge on any atom is -0.462 e. The molecule has 640 valence electrons. The number of ether oxygens (including phenoxy) is 7. The van der Waals surface area contributed by atoms with Gasteiger partial charge in [-0.1, -0.05) is 311 Å². The fourth-order valence-corrected chi connectivity index (χ4v) is 15.2. The molecule has 2 amide bonds. The molecule has 2 aliphatic heterocycles. The normalized spacial score (nSPS) is 21.3. The molecule has 109 heavy (non-hydrogen) atoms. The molecule has 0 spiro atoms. The van der Waals surface area contributed by atoms with Gasteiger partial charge in [-0.2, -0.15) is 0 Å². The number of aliphatic hydroxyl groups excluding tert-OH is 5. The van der Waals surface area contributed by atoms with Gasteiger partial charge in [-0.15, -0.1) is 0 Å². The van der Waals surface area contributed by atoms with Crippen molar-refractivity contribution >= 4 is 43.5 Å². The van der Waals surface area contributed by atoms with E-state index in [1.54, 1.807) is 0 Å². The first-order chi connectivity index (χ1) is 52.6. The Morgan fingerprint density at radius 1 is 0.385 bits per heavy atom. The second kappa shape index (κ2) is 65.8. The molecular weight excluding hydrogens is 1420 g/mol. The summed E-state index contributed by atoms with van der Waals surface area (Å²) in [5.41, 5.74) is 0. The van der Waals surface area contributed by atoms with Crippen molar-refractivity contribution in [1.29, 1.82) is 0 Å². The van der Waals surface area contributed by atoms with Crippen LogP contribution < -0.4 is 10.6 Å². The van der Waals surface area contributed by atoms with Crippen LogP contribution in [0.1, 0.15) is 401 Å². The third-order valence-electron chi connectivity index (χ3n) is 21.1. The molecule has 5 unspecified atom stereocenters. The Morgan fingerprint density at radius 3 is 1.13 bits per heavy atom. The SMILES string of the molecule is CCCCCCCCCCCC(=O)O[C@H](CCCCCCCCC)CC(=O)NC1[C@H](OCC2OC(O)C(NC(=O)C[C@H](O)CCCCCCCCC)[C@@H](OC(=O)C[C@H](O)CCCCCCCCC)[C@@H]2O)OC(CO)[C@@H](OP(=O)(O)O)[C@@H]1OC(=O)C[C@@H](CCCCCCCCC)OC(=O)CCCCCCCCCCC. The standard InChI is InChI=1S/C84H157N2O22P/c1-7-13-19-25-31-33-39-45-51-57-73(92)102-67(55-49-43-37-29-23-17-11-5)61-72(91)86-78-82(107-76(95)62-68(56-50-44-38-30-24-18-12-6)103-74(93)58-52-46-40-34-32-26-20-14-8-2)80(108-109(98,99)100)69(63-87)105-84(78)101-64-70-79(96)81(106-75(94)60-66(89)54-48-42-36-28-22-16-10-4)77(83(97)104-70)85-71(90)59-65(88)53-47-41-35-27-21-15-9-3/h65-70,77-84,87-89,96-97H,7-64H2,1-6H3,(H,85,90)(H,86,91)(H2,98,99,100)/t65-,66-,67-,68-,69?,70?,77?,78?,79-,80-,81-,82-,83?,84-/m1/s1. The lowest BCUT2D eigenvalue weighted by Gasteiger charge is -2.46. The summed E-state index contributed by atoms with van der Waals surface area (Å²) in [5.74, 6) is -4.59. The number of amides is 2. The highest BCUT2D eigenvalue weighted by Crippen LogP contribution is 2.43. The Bertz CT molecular complexity index is 2340. The zero-order valence-corrected chi connectivity index (χ0v) is 69.7. The molecule has 2 fully saturated rings. The number of phosphoric acid groups is 1. The fraction of sp³-hybridized carbons (Fsp3) is 0.929. The van der Waals surface area contributed by atoms with Gasteiger partial charge in [0, 0.05) is 12.8 Å². The van der Waals surface area contributed by atoms with E-state index in [4.69, 9.17) is 37.7 Å². The second-order valence-electron chi connectivity index (χ2n) is 31.4. The summed E-state index contributed by atoms with van der Waals surface area (Å²) >= 11 is 0. The lowest BCUT2D eigenvalue weighted by molar-refractivity contribution is -0.298. The van der Waals surface area contributed by atoms with Crippen LogP contribution in [0, 0.1) is 0 Å². The first kappa shape index (κ1) is 102. The van der Waals surface area contributed by atoms with Crippen molar-refractivity contribution < 1.29 is 106 Å². The first-order valence-electron chi connectivity index (χ1n) is 44.0. The smallest absolute Gasteiger partial charge is 0.462 e. The maximum absolute atomic E-state index is 15.0. The van der Waals surface area contributed by atoms with Crippen molar-refractivity contribution in [2.75, 3.05) is 13.2 Å². The van der Waals surface area contributed by atoms with E-state index in [0.29, 0.717) is 51.4 Å². The number of phosphoric ester groups is 1. The quantitative estimate of drug-likeness (QED) is 0.0118. The Hall–Kier alpha value is -3.39. The molecule has 9 N–H and O–H groups in total. The summed E-state index contributed by atoms with van der Waals surface area (Å²) in [6.45, 7) is 11.0. The Labute approximate surface area is 657 Å². The van der Waals surface area contributed by atoms with Crippen molar-refractivity contribution in [2.24, 2.45) is 0 Å². The molecule has 2 rings (SSSR count). The molecule has 2 heterocycles. The molecule has 0 bridgehead atoms. The van der Waals surface area contributed by atoms with Crippen LogP contribution >= 0.6 is 7.82 Å². The van der Waals surface area contributed by atoms with E-state index < -0.39 is 168 Å². The van der Waals surface area contributed by atoms with Crippen LogP contribution in [-0.4, -0.2) is 170 Å². The van der Waals surface area contributed by atoms with Crippen LogP contribution in [0.4, 0.5) is 0 Å². The summed E-state index contributed by atoms with van der Waals surface area (Å²) < 4.78 is 61.2. The van der Waals surface area contributed by atoms with Gasteiger partial charge in [-0.3, -0.25) is 33.3 Å². The van der Waals surface area contributed by atoms with Crippen LogP contribution in [0.3, 0.4) is 0 Å².